The van der Waals surface area contributed by atoms with Crippen LogP contribution in [0.15, 0.2) is 12.2 Å². The van der Waals surface area contributed by atoms with Crippen molar-refractivity contribution in [3.63, 3.8) is 0 Å². The highest BCUT2D eigenvalue weighted by Crippen LogP contribution is 2.64. The monoisotopic (exact) mass is 518 g/mol. The van der Waals surface area contributed by atoms with Crippen molar-refractivity contribution in [1.29, 1.82) is 0 Å². The van der Waals surface area contributed by atoms with Crippen LogP contribution in [0.25, 0.3) is 0 Å². The van der Waals surface area contributed by atoms with Crippen LogP contribution in [0.5, 0.6) is 0 Å². The van der Waals surface area contributed by atoms with Gasteiger partial charge in [0.25, 0.3) is 0 Å². The standard InChI is InChI=1S/C33H62O2Si/c1-25(2)13-10-14-26(3)29-19-20-30-32(29,7)23-21-28-18-17-27(15-11-22-33(28,30)34)16-12-24-35-36(8,9)31(4,5)6/h11,15,25-30,34H,10,12-14,16-24H2,1-9H3/b15-11-/t26-,27?,28-,29-,30-,32-,33+/m1/s1. The van der Waals surface area contributed by atoms with Crippen LogP contribution in [-0.4, -0.2) is 25.6 Å². The van der Waals surface area contributed by atoms with E-state index in [1.54, 1.807) is 0 Å². The van der Waals surface area contributed by atoms with Crippen molar-refractivity contribution in [3.8, 4) is 0 Å². The molecule has 0 spiro atoms. The first kappa shape index (κ1) is 30.4. The molecular formula is C33H62O2Si. The fourth-order valence-electron chi connectivity index (χ4n) is 8.24. The molecule has 2 saturated carbocycles. The predicted molar refractivity (Wildman–Crippen MR) is 159 cm³/mol. The first-order valence-electron chi connectivity index (χ1n) is 15.7. The molecule has 1 N–H and O–H groups in total. The van der Waals surface area contributed by atoms with E-state index in [1.165, 1.54) is 64.2 Å². The van der Waals surface area contributed by atoms with Gasteiger partial charge < -0.3 is 9.53 Å². The topological polar surface area (TPSA) is 29.5 Å². The molecule has 210 valence electrons. The molecule has 0 radical (unpaired) electrons. The molecule has 0 aromatic carbocycles. The van der Waals surface area contributed by atoms with E-state index in [-0.39, 0.29) is 5.04 Å². The summed E-state index contributed by atoms with van der Waals surface area (Å²) in [6.07, 6.45) is 19.8. The van der Waals surface area contributed by atoms with Crippen LogP contribution in [0.4, 0.5) is 0 Å². The van der Waals surface area contributed by atoms with Gasteiger partial charge in [-0.25, -0.2) is 0 Å². The van der Waals surface area contributed by atoms with Crippen molar-refractivity contribution in [2.75, 3.05) is 6.61 Å². The van der Waals surface area contributed by atoms with Gasteiger partial charge in [0, 0.05) is 6.61 Å². The Morgan fingerprint density at radius 3 is 2.39 bits per heavy atom. The van der Waals surface area contributed by atoms with Gasteiger partial charge in [0.1, 0.15) is 0 Å². The van der Waals surface area contributed by atoms with Crippen LogP contribution in [0.1, 0.15) is 126 Å². The molecule has 3 rings (SSSR count). The van der Waals surface area contributed by atoms with E-state index in [2.05, 4.69) is 73.7 Å². The Hall–Kier alpha value is -0.123. The summed E-state index contributed by atoms with van der Waals surface area (Å²) in [4.78, 5) is 0. The van der Waals surface area contributed by atoms with Gasteiger partial charge in [0.05, 0.1) is 5.60 Å². The second kappa shape index (κ2) is 11.9. The summed E-state index contributed by atoms with van der Waals surface area (Å²) in [7, 11) is -1.64. The molecule has 0 amide bonds. The summed E-state index contributed by atoms with van der Waals surface area (Å²) in [6, 6.07) is 0. The van der Waals surface area contributed by atoms with Gasteiger partial charge in [-0.15, -0.1) is 0 Å². The highest BCUT2D eigenvalue weighted by Gasteiger charge is 2.60. The molecule has 0 aliphatic heterocycles. The molecule has 7 atom stereocenters. The lowest BCUT2D eigenvalue weighted by molar-refractivity contribution is -0.149. The second-order valence-electron chi connectivity index (χ2n) is 15.5. The van der Waals surface area contributed by atoms with Crippen molar-refractivity contribution < 1.29 is 9.53 Å². The first-order valence-corrected chi connectivity index (χ1v) is 18.6. The molecule has 0 bridgehead atoms. The highest BCUT2D eigenvalue weighted by molar-refractivity contribution is 6.74. The summed E-state index contributed by atoms with van der Waals surface area (Å²) >= 11 is 0. The van der Waals surface area contributed by atoms with Gasteiger partial charge in [-0.2, -0.15) is 0 Å². The summed E-state index contributed by atoms with van der Waals surface area (Å²) in [5, 5.41) is 12.6. The fraction of sp³-hybridized carbons (Fsp3) is 0.939. The van der Waals surface area contributed by atoms with Crippen LogP contribution in [-0.2, 0) is 4.43 Å². The summed E-state index contributed by atoms with van der Waals surface area (Å²) < 4.78 is 6.44. The molecule has 3 heteroatoms. The molecule has 2 nitrogen and oxygen atoms in total. The predicted octanol–water partition coefficient (Wildman–Crippen LogP) is 9.78. The van der Waals surface area contributed by atoms with Crippen LogP contribution in [0.2, 0.25) is 18.1 Å². The largest absolute Gasteiger partial charge is 0.417 e. The van der Waals surface area contributed by atoms with Crippen molar-refractivity contribution in [2.24, 2.45) is 40.9 Å². The van der Waals surface area contributed by atoms with E-state index < -0.39 is 13.9 Å². The summed E-state index contributed by atoms with van der Waals surface area (Å²) in [6.45, 7) is 22.4. The molecule has 0 heterocycles. The minimum Gasteiger partial charge on any atom is -0.417 e. The third-order valence-corrected chi connectivity index (χ3v) is 16.1. The van der Waals surface area contributed by atoms with E-state index in [1.807, 2.05) is 0 Å². The Morgan fingerprint density at radius 1 is 1.00 bits per heavy atom. The zero-order valence-electron chi connectivity index (χ0n) is 25.7. The first-order chi connectivity index (χ1) is 16.7. The minimum absolute atomic E-state index is 0.290. The van der Waals surface area contributed by atoms with Gasteiger partial charge in [-0.05, 0) is 117 Å². The van der Waals surface area contributed by atoms with E-state index in [0.29, 0.717) is 23.2 Å². The second-order valence-corrected chi connectivity index (χ2v) is 20.3. The number of fused-ring (bicyclic) bond motifs is 3. The summed E-state index contributed by atoms with van der Waals surface area (Å²) in [5.41, 5.74) is -0.150. The van der Waals surface area contributed by atoms with Gasteiger partial charge >= 0.3 is 0 Å². The molecule has 3 aliphatic rings. The molecule has 0 aromatic rings. The molecule has 0 saturated heterocycles. The smallest absolute Gasteiger partial charge is 0.191 e. The maximum Gasteiger partial charge on any atom is 0.191 e. The van der Waals surface area contributed by atoms with Crippen LogP contribution >= 0.6 is 0 Å². The normalized spacial score (nSPS) is 37.2. The Kier molecular flexibility index (Phi) is 10.1. The Labute approximate surface area is 226 Å². The zero-order valence-corrected chi connectivity index (χ0v) is 26.7. The average molecular weight is 519 g/mol. The number of hydrogen-bond donors (Lipinski definition) is 1. The highest BCUT2D eigenvalue weighted by atomic mass is 28.4. The van der Waals surface area contributed by atoms with E-state index >= 15 is 0 Å². The molecule has 0 aromatic heterocycles. The van der Waals surface area contributed by atoms with Crippen molar-refractivity contribution in [1.82, 2.24) is 0 Å². The Morgan fingerprint density at radius 2 is 1.72 bits per heavy atom. The van der Waals surface area contributed by atoms with Crippen molar-refractivity contribution in [2.45, 2.75) is 149 Å². The van der Waals surface area contributed by atoms with E-state index in [0.717, 1.165) is 37.2 Å². The lowest BCUT2D eigenvalue weighted by atomic mass is 9.52. The maximum atomic E-state index is 12.3. The molecule has 2 fully saturated rings. The molecule has 3 aliphatic carbocycles. The van der Waals surface area contributed by atoms with Crippen LogP contribution in [0, 0.1) is 40.9 Å². The van der Waals surface area contributed by atoms with Crippen molar-refractivity contribution in [3.05, 3.63) is 12.2 Å². The van der Waals surface area contributed by atoms with Gasteiger partial charge in [0.15, 0.2) is 8.32 Å². The van der Waals surface area contributed by atoms with Gasteiger partial charge in [-0.1, -0.05) is 79.9 Å². The quantitative estimate of drug-likeness (QED) is 0.177. The number of rotatable bonds is 10. The van der Waals surface area contributed by atoms with E-state index in [4.69, 9.17) is 4.43 Å². The van der Waals surface area contributed by atoms with Gasteiger partial charge in [0.2, 0.25) is 0 Å². The fourth-order valence-corrected chi connectivity index (χ4v) is 9.33. The Balaban J connectivity index is 1.57. The molecule has 36 heavy (non-hydrogen) atoms. The third-order valence-electron chi connectivity index (χ3n) is 11.6. The minimum atomic E-state index is -1.64. The van der Waals surface area contributed by atoms with E-state index in [9.17, 15) is 5.11 Å². The van der Waals surface area contributed by atoms with Crippen LogP contribution in [0.3, 0.4) is 0 Å². The zero-order chi connectivity index (χ0) is 26.8. The maximum absolute atomic E-state index is 12.3. The lowest BCUT2D eigenvalue weighted by Gasteiger charge is -2.55. The SMILES string of the molecule is CC(C)CCC[C@@H](C)[C@H]1CC[C@@H]2[C@]1(C)CC[C@H]1CCC(CCCO[Si](C)(C)C(C)(C)C)/C=C\C[C@]12O. The number of hydrogen-bond acceptors (Lipinski definition) is 2. The lowest BCUT2D eigenvalue weighted by Crippen LogP contribution is -2.55. The summed E-state index contributed by atoms with van der Waals surface area (Å²) in [5.74, 6) is 4.03. The molecule has 1 unspecified atom stereocenters. The van der Waals surface area contributed by atoms with Gasteiger partial charge in [-0.3, -0.25) is 0 Å². The van der Waals surface area contributed by atoms with Crippen LogP contribution < -0.4 is 0 Å². The average Bonchev–Trinajstić information content (AvgIpc) is 3.11. The Bertz CT molecular complexity index is 722. The number of allylic oxidation sites excluding steroid dienone is 1. The number of aliphatic hydroxyl groups is 1. The van der Waals surface area contributed by atoms with Crippen molar-refractivity contribution >= 4 is 8.32 Å². The third kappa shape index (κ3) is 6.71. The molecular weight excluding hydrogens is 456 g/mol.